The second-order valence-corrected chi connectivity index (χ2v) is 11.7. The number of carboxylic acid groups (broad SMARTS) is 1. The molecule has 2 aromatic carbocycles. The van der Waals surface area contributed by atoms with Gasteiger partial charge in [0.2, 0.25) is 11.8 Å². The van der Waals surface area contributed by atoms with E-state index in [2.05, 4.69) is 15.1 Å². The van der Waals surface area contributed by atoms with E-state index < -0.39 is 5.97 Å². The van der Waals surface area contributed by atoms with E-state index in [9.17, 15) is 24.6 Å². The fourth-order valence-electron chi connectivity index (χ4n) is 5.47. The number of aliphatic hydroxyl groups excluding tert-OH is 1. The molecule has 1 fully saturated rings. The lowest BCUT2D eigenvalue weighted by atomic mass is 10.0. The zero-order chi connectivity index (χ0) is 30.9. The molecule has 0 bridgehead atoms. The van der Waals surface area contributed by atoms with Crippen LogP contribution in [0.3, 0.4) is 0 Å². The van der Waals surface area contributed by atoms with E-state index >= 15 is 0 Å². The molecule has 234 valence electrons. The first kappa shape index (κ1) is 32.4. The number of benzene rings is 2. The minimum atomic E-state index is -0.960. The highest BCUT2D eigenvalue weighted by Crippen LogP contribution is 2.29. The Morgan fingerprint density at radius 1 is 1.14 bits per heavy atom. The van der Waals surface area contributed by atoms with Crippen molar-refractivity contribution in [3.05, 3.63) is 59.2 Å². The third-order valence-corrected chi connectivity index (χ3v) is 8.10. The van der Waals surface area contributed by atoms with Crippen LogP contribution < -0.4 is 10.1 Å². The second-order valence-electron chi connectivity index (χ2n) is 11.7. The van der Waals surface area contributed by atoms with Gasteiger partial charge in [0.1, 0.15) is 11.9 Å². The lowest BCUT2D eigenvalue weighted by Crippen LogP contribution is -2.47. The van der Waals surface area contributed by atoms with Crippen LogP contribution in [0, 0.1) is 5.92 Å². The lowest BCUT2D eigenvalue weighted by molar-refractivity contribution is -0.134. The molecule has 0 aromatic heterocycles. The number of rotatable bonds is 11. The number of hydrogen-bond donors (Lipinski definition) is 3. The van der Waals surface area contributed by atoms with Crippen LogP contribution in [0.15, 0.2) is 42.5 Å². The van der Waals surface area contributed by atoms with Crippen molar-refractivity contribution in [2.24, 2.45) is 5.92 Å². The topological polar surface area (TPSA) is 132 Å². The van der Waals surface area contributed by atoms with Gasteiger partial charge in [-0.2, -0.15) is 0 Å². The Bertz CT molecular complexity index is 1250. The summed E-state index contributed by atoms with van der Waals surface area (Å²) in [4.78, 5) is 43.5. The average molecular weight is 597 g/mol. The maximum atomic E-state index is 13.5. The molecule has 0 saturated carbocycles. The summed E-state index contributed by atoms with van der Waals surface area (Å²) in [5.74, 6) is -0.629. The number of anilines is 1. The Kier molecular flexibility index (Phi) is 11.5. The van der Waals surface area contributed by atoms with Crippen molar-refractivity contribution in [3.63, 3.8) is 0 Å². The van der Waals surface area contributed by atoms with E-state index in [1.54, 1.807) is 23.1 Å². The van der Waals surface area contributed by atoms with E-state index in [1.807, 2.05) is 45.2 Å². The monoisotopic (exact) mass is 596 g/mol. The molecule has 3 N–H and O–H groups in total. The van der Waals surface area contributed by atoms with Gasteiger partial charge in [-0.25, -0.2) is 4.79 Å². The van der Waals surface area contributed by atoms with Gasteiger partial charge in [-0.1, -0.05) is 19.1 Å². The molecule has 43 heavy (non-hydrogen) atoms. The van der Waals surface area contributed by atoms with Crippen LogP contribution in [-0.2, 0) is 27.3 Å². The summed E-state index contributed by atoms with van der Waals surface area (Å²) in [6, 6.07) is 11.9. The summed E-state index contributed by atoms with van der Waals surface area (Å²) in [5, 5.41) is 22.1. The van der Waals surface area contributed by atoms with Gasteiger partial charge in [0.25, 0.3) is 0 Å². The molecule has 0 radical (unpaired) electrons. The summed E-state index contributed by atoms with van der Waals surface area (Å²) in [6.45, 7) is 8.95. The number of carbonyl (C=O) groups is 3. The summed E-state index contributed by atoms with van der Waals surface area (Å²) in [5.41, 5.74) is 2.50. The van der Waals surface area contributed by atoms with Crippen molar-refractivity contribution in [2.45, 2.75) is 45.4 Å². The fraction of sp³-hybridized carbons (Fsp3) is 0.531. The van der Waals surface area contributed by atoms with Gasteiger partial charge in [-0.15, -0.1) is 0 Å². The van der Waals surface area contributed by atoms with Gasteiger partial charge in [0.05, 0.1) is 37.8 Å². The number of carbonyl (C=O) groups excluding carboxylic acids is 2. The number of nitrogens with zero attached hydrogens (tertiary/aromatic N) is 3. The number of morpholine rings is 1. The van der Waals surface area contributed by atoms with Crippen molar-refractivity contribution in [1.82, 2.24) is 14.7 Å². The molecule has 4 rings (SSSR count). The Labute approximate surface area is 253 Å². The molecule has 0 spiro atoms. The van der Waals surface area contributed by atoms with Crippen LogP contribution >= 0.6 is 0 Å². The number of fused-ring (bicyclic) bond motifs is 1. The Hall–Kier alpha value is -3.51. The van der Waals surface area contributed by atoms with Crippen LogP contribution in [0.2, 0.25) is 0 Å². The molecule has 2 aromatic rings. The van der Waals surface area contributed by atoms with Gasteiger partial charge in [-0.3, -0.25) is 19.4 Å². The molecule has 2 heterocycles. The number of amides is 2. The van der Waals surface area contributed by atoms with Crippen molar-refractivity contribution < 1.29 is 34.1 Å². The van der Waals surface area contributed by atoms with Crippen molar-refractivity contribution in [1.29, 1.82) is 0 Å². The highest BCUT2D eigenvalue weighted by atomic mass is 16.5. The first-order chi connectivity index (χ1) is 20.6. The van der Waals surface area contributed by atoms with Crippen LogP contribution in [0.25, 0.3) is 0 Å². The van der Waals surface area contributed by atoms with Crippen LogP contribution in [0.1, 0.15) is 41.8 Å². The van der Waals surface area contributed by atoms with Gasteiger partial charge < -0.3 is 29.9 Å². The van der Waals surface area contributed by atoms with Crippen molar-refractivity contribution in [3.8, 4) is 5.75 Å². The summed E-state index contributed by atoms with van der Waals surface area (Å²) >= 11 is 0. The maximum absolute atomic E-state index is 13.5. The molecule has 0 aliphatic carbocycles. The number of carboxylic acids is 1. The highest BCUT2D eigenvalue weighted by Gasteiger charge is 2.31. The van der Waals surface area contributed by atoms with Crippen molar-refractivity contribution >= 4 is 23.5 Å². The number of nitrogens with one attached hydrogen (secondary N) is 1. The number of aliphatic hydroxyl groups is 1. The Balaban J connectivity index is 1.49. The largest absolute Gasteiger partial charge is 0.488 e. The third kappa shape index (κ3) is 9.24. The minimum Gasteiger partial charge on any atom is -0.488 e. The number of aromatic carboxylic acids is 1. The molecule has 3 atom stereocenters. The molecule has 1 saturated heterocycles. The van der Waals surface area contributed by atoms with E-state index in [0.717, 1.165) is 18.7 Å². The molecule has 2 aliphatic rings. The maximum Gasteiger partial charge on any atom is 0.335 e. The van der Waals surface area contributed by atoms with Crippen LogP contribution in [-0.4, -0.2) is 114 Å². The first-order valence-corrected chi connectivity index (χ1v) is 14.9. The molecule has 11 heteroatoms. The standard InChI is InChI=1S/C32H44N4O7/c1-22-18-36(23(2)21-37)31(39)17-26-16-27(33-30(38)10-11-35-12-14-42-15-13-35)8-9-28(26)43-29(22)20-34(3)19-24-4-6-25(7-5-24)32(40)41/h4-9,16,22-23,29,37H,10-15,17-21H2,1-3H3,(H,33,38)(H,40,41)/t22-,23+,29+/m1/s1. The normalized spacial score (nSPS) is 20.4. The zero-order valence-corrected chi connectivity index (χ0v) is 25.3. The first-order valence-electron chi connectivity index (χ1n) is 14.9. The van der Waals surface area contributed by atoms with E-state index in [1.165, 1.54) is 0 Å². The summed E-state index contributed by atoms with van der Waals surface area (Å²) in [6.07, 6.45) is 0.164. The smallest absolute Gasteiger partial charge is 0.335 e. The number of ether oxygens (including phenoxy) is 2. The minimum absolute atomic E-state index is 0.0553. The van der Waals surface area contributed by atoms with E-state index in [0.29, 0.717) is 62.8 Å². The van der Waals surface area contributed by atoms with Crippen molar-refractivity contribution in [2.75, 3.05) is 64.9 Å². The Morgan fingerprint density at radius 2 is 1.86 bits per heavy atom. The van der Waals surface area contributed by atoms with Gasteiger partial charge in [-0.05, 0) is 49.9 Å². The fourth-order valence-corrected chi connectivity index (χ4v) is 5.47. The highest BCUT2D eigenvalue weighted by molar-refractivity contribution is 5.91. The van der Waals surface area contributed by atoms with E-state index in [-0.39, 0.29) is 48.5 Å². The van der Waals surface area contributed by atoms with Crippen LogP contribution in [0.4, 0.5) is 5.69 Å². The molecule has 0 unspecified atom stereocenters. The Morgan fingerprint density at radius 3 is 2.53 bits per heavy atom. The zero-order valence-electron chi connectivity index (χ0n) is 25.3. The molecular formula is C32H44N4O7. The molecule has 11 nitrogen and oxygen atoms in total. The SMILES string of the molecule is C[C@@H]1CN([C@@H](C)CO)C(=O)Cc2cc(NC(=O)CCN3CCOCC3)ccc2O[C@H]1CN(C)Cc1ccc(C(=O)O)cc1. The van der Waals surface area contributed by atoms with Gasteiger partial charge in [0.15, 0.2) is 0 Å². The van der Waals surface area contributed by atoms with Gasteiger partial charge >= 0.3 is 5.97 Å². The second kappa shape index (κ2) is 15.3. The van der Waals surface area contributed by atoms with Crippen LogP contribution in [0.5, 0.6) is 5.75 Å². The molecule has 2 amide bonds. The molecule has 2 aliphatic heterocycles. The predicted molar refractivity (Wildman–Crippen MR) is 162 cm³/mol. The lowest BCUT2D eigenvalue weighted by Gasteiger charge is -2.34. The molecular weight excluding hydrogens is 552 g/mol. The number of hydrogen-bond acceptors (Lipinski definition) is 8. The summed E-state index contributed by atoms with van der Waals surface area (Å²) in [7, 11) is 1.98. The number of likely N-dealkylation sites (N-methyl/N-ethyl adjacent to an activating group) is 1. The quantitative estimate of drug-likeness (QED) is 0.358. The third-order valence-electron chi connectivity index (χ3n) is 8.10. The predicted octanol–water partition coefficient (Wildman–Crippen LogP) is 2.33. The van der Waals surface area contributed by atoms with Gasteiger partial charge in [0, 0.05) is 62.9 Å². The average Bonchev–Trinajstić information content (AvgIpc) is 3.04. The summed E-state index contributed by atoms with van der Waals surface area (Å²) < 4.78 is 12.0. The van der Waals surface area contributed by atoms with E-state index in [4.69, 9.17) is 9.47 Å².